The highest BCUT2D eigenvalue weighted by atomic mass is 79.9. The molecule has 88 valence electrons. The first kappa shape index (κ1) is 12.9. The topological polar surface area (TPSA) is 25.8 Å². The molecule has 2 nitrogen and oxygen atoms in total. The molecule has 0 saturated heterocycles. The average Bonchev–Trinajstić information content (AvgIpc) is 2.34. The summed E-state index contributed by atoms with van der Waals surface area (Å²) in [4.78, 5) is 9.70. The zero-order chi connectivity index (χ0) is 12.3. The van der Waals surface area contributed by atoms with Gasteiger partial charge in [-0.2, -0.15) is 0 Å². The van der Waals surface area contributed by atoms with E-state index < -0.39 is 0 Å². The Balaban J connectivity index is 2.30. The molecule has 0 atom stereocenters. The first-order chi connectivity index (χ1) is 8.20. The Labute approximate surface area is 118 Å². The van der Waals surface area contributed by atoms with Crippen LogP contribution in [0.2, 0.25) is 5.15 Å². The largest absolute Gasteiger partial charge is 0.235 e. The quantitative estimate of drug-likeness (QED) is 0.604. The van der Waals surface area contributed by atoms with Crippen molar-refractivity contribution in [2.24, 2.45) is 0 Å². The van der Waals surface area contributed by atoms with Crippen LogP contribution >= 0.6 is 39.3 Å². The number of hydrogen-bond acceptors (Lipinski definition) is 3. The van der Waals surface area contributed by atoms with Crippen molar-refractivity contribution in [3.8, 4) is 11.4 Å². The lowest BCUT2D eigenvalue weighted by atomic mass is 10.2. The lowest BCUT2D eigenvalue weighted by Gasteiger charge is -2.03. The second-order valence-electron chi connectivity index (χ2n) is 3.29. The Morgan fingerprint density at radius 2 is 2.00 bits per heavy atom. The minimum absolute atomic E-state index is 0.432. The highest BCUT2D eigenvalue weighted by Gasteiger charge is 2.05. The minimum Gasteiger partial charge on any atom is -0.235 e. The molecular weight excluding hydrogens is 320 g/mol. The van der Waals surface area contributed by atoms with Gasteiger partial charge >= 0.3 is 0 Å². The van der Waals surface area contributed by atoms with Gasteiger partial charge in [0.2, 0.25) is 0 Å². The maximum atomic E-state index is 5.94. The molecule has 0 saturated carbocycles. The molecule has 0 aliphatic carbocycles. The highest BCUT2D eigenvalue weighted by molar-refractivity contribution is 9.10. The molecule has 1 heterocycles. The summed E-state index contributed by atoms with van der Waals surface area (Å²) in [6.45, 7) is 2.14. The van der Waals surface area contributed by atoms with Crippen molar-refractivity contribution in [2.45, 2.75) is 11.8 Å². The summed E-state index contributed by atoms with van der Waals surface area (Å²) in [6, 6.07) is 8.17. The molecule has 1 aromatic carbocycles. The number of rotatable bonds is 3. The lowest BCUT2D eigenvalue weighted by Crippen LogP contribution is -1.89. The Hall–Kier alpha value is -0.580. The molecular formula is C12H10BrClN2S. The summed E-state index contributed by atoms with van der Waals surface area (Å²) < 4.78 is 0.709. The van der Waals surface area contributed by atoms with E-state index in [2.05, 4.69) is 45.0 Å². The van der Waals surface area contributed by atoms with Crippen LogP contribution < -0.4 is 0 Å². The second-order valence-corrected chi connectivity index (χ2v) is 5.84. The van der Waals surface area contributed by atoms with Gasteiger partial charge in [0.25, 0.3) is 0 Å². The van der Waals surface area contributed by atoms with E-state index in [9.17, 15) is 0 Å². The maximum absolute atomic E-state index is 5.94. The van der Waals surface area contributed by atoms with E-state index in [0.29, 0.717) is 15.5 Å². The van der Waals surface area contributed by atoms with Gasteiger partial charge in [0.05, 0.1) is 4.47 Å². The van der Waals surface area contributed by atoms with Gasteiger partial charge in [-0.05, 0) is 33.8 Å². The Bertz CT molecular complexity index is 516. The van der Waals surface area contributed by atoms with Crippen LogP contribution in [0.4, 0.5) is 0 Å². The monoisotopic (exact) mass is 328 g/mol. The van der Waals surface area contributed by atoms with E-state index in [1.54, 1.807) is 6.20 Å². The Morgan fingerprint density at radius 1 is 1.29 bits per heavy atom. The van der Waals surface area contributed by atoms with Gasteiger partial charge in [-0.15, -0.1) is 11.8 Å². The average molecular weight is 330 g/mol. The smallest absolute Gasteiger partial charge is 0.160 e. The molecule has 5 heteroatoms. The number of nitrogens with zero attached hydrogens (tertiary/aromatic N) is 2. The minimum atomic E-state index is 0.432. The van der Waals surface area contributed by atoms with E-state index in [1.807, 2.05) is 23.9 Å². The molecule has 0 fully saturated rings. The highest BCUT2D eigenvalue weighted by Crippen LogP contribution is 2.25. The zero-order valence-electron chi connectivity index (χ0n) is 9.15. The van der Waals surface area contributed by atoms with E-state index in [-0.39, 0.29) is 0 Å². The fourth-order valence-electron chi connectivity index (χ4n) is 1.35. The predicted octanol–water partition coefficient (Wildman–Crippen LogP) is 4.67. The van der Waals surface area contributed by atoms with Crippen LogP contribution in [-0.2, 0) is 0 Å². The van der Waals surface area contributed by atoms with Crippen molar-refractivity contribution in [3.63, 3.8) is 0 Å². The van der Waals surface area contributed by atoms with Gasteiger partial charge in [0.15, 0.2) is 5.82 Å². The molecule has 0 amide bonds. The van der Waals surface area contributed by atoms with Crippen molar-refractivity contribution in [2.75, 3.05) is 5.75 Å². The van der Waals surface area contributed by atoms with E-state index in [0.717, 1.165) is 11.3 Å². The Morgan fingerprint density at radius 3 is 2.59 bits per heavy atom. The van der Waals surface area contributed by atoms with E-state index >= 15 is 0 Å². The third-order valence-corrected chi connectivity index (χ3v) is 4.12. The SMILES string of the molecule is CCSc1ccc(-c2ncc(Br)c(Cl)n2)cc1. The van der Waals surface area contributed by atoms with Crippen LogP contribution in [0.5, 0.6) is 0 Å². The summed E-state index contributed by atoms with van der Waals surface area (Å²) in [5, 5.41) is 0.432. The Kier molecular flexibility index (Phi) is 4.42. The summed E-state index contributed by atoms with van der Waals surface area (Å²) in [5.41, 5.74) is 0.972. The first-order valence-corrected chi connectivity index (χ1v) is 7.27. The summed E-state index contributed by atoms with van der Waals surface area (Å²) in [6.07, 6.45) is 1.67. The molecule has 0 N–H and O–H groups in total. The summed E-state index contributed by atoms with van der Waals surface area (Å²) in [5.74, 6) is 1.71. The van der Waals surface area contributed by atoms with Crippen molar-refractivity contribution in [1.82, 2.24) is 9.97 Å². The molecule has 2 rings (SSSR count). The fraction of sp³-hybridized carbons (Fsp3) is 0.167. The molecule has 0 aliphatic heterocycles. The van der Waals surface area contributed by atoms with Crippen molar-refractivity contribution in [1.29, 1.82) is 0 Å². The predicted molar refractivity (Wildman–Crippen MR) is 76.6 cm³/mol. The van der Waals surface area contributed by atoms with Crippen LogP contribution in [0, 0.1) is 0 Å². The molecule has 2 aromatic rings. The zero-order valence-corrected chi connectivity index (χ0v) is 12.3. The van der Waals surface area contributed by atoms with Crippen LogP contribution in [-0.4, -0.2) is 15.7 Å². The number of halogens is 2. The fourth-order valence-corrected chi connectivity index (χ4v) is 2.33. The molecule has 1 aromatic heterocycles. The normalized spacial score (nSPS) is 10.5. The molecule has 0 aliphatic rings. The third-order valence-electron chi connectivity index (χ3n) is 2.12. The van der Waals surface area contributed by atoms with Crippen molar-refractivity contribution in [3.05, 3.63) is 40.1 Å². The van der Waals surface area contributed by atoms with Gasteiger partial charge in [0.1, 0.15) is 5.15 Å². The second kappa shape index (κ2) is 5.85. The number of thioether (sulfide) groups is 1. The first-order valence-electron chi connectivity index (χ1n) is 5.12. The molecule has 17 heavy (non-hydrogen) atoms. The van der Waals surface area contributed by atoms with Crippen molar-refractivity contribution >= 4 is 39.3 Å². The van der Waals surface area contributed by atoms with Gasteiger partial charge in [0, 0.05) is 16.7 Å². The van der Waals surface area contributed by atoms with Gasteiger partial charge in [-0.25, -0.2) is 9.97 Å². The van der Waals surface area contributed by atoms with E-state index in [1.165, 1.54) is 4.90 Å². The van der Waals surface area contributed by atoms with Gasteiger partial charge < -0.3 is 0 Å². The van der Waals surface area contributed by atoms with Gasteiger partial charge in [-0.3, -0.25) is 0 Å². The lowest BCUT2D eigenvalue weighted by molar-refractivity contribution is 1.16. The van der Waals surface area contributed by atoms with Crippen LogP contribution in [0.1, 0.15) is 6.92 Å². The number of hydrogen-bond donors (Lipinski definition) is 0. The molecule has 0 radical (unpaired) electrons. The molecule has 0 bridgehead atoms. The molecule has 0 spiro atoms. The number of benzene rings is 1. The standard InChI is InChI=1S/C12H10BrClN2S/c1-2-17-9-5-3-8(4-6-9)12-15-7-10(13)11(14)16-12/h3-7H,2H2,1H3. The number of aromatic nitrogens is 2. The third kappa shape index (κ3) is 3.21. The van der Waals surface area contributed by atoms with Gasteiger partial charge in [-0.1, -0.05) is 30.7 Å². The van der Waals surface area contributed by atoms with Crippen LogP contribution in [0.15, 0.2) is 39.8 Å². The summed E-state index contributed by atoms with van der Waals surface area (Å²) in [7, 11) is 0. The van der Waals surface area contributed by atoms with Crippen molar-refractivity contribution < 1.29 is 0 Å². The van der Waals surface area contributed by atoms with E-state index in [4.69, 9.17) is 11.6 Å². The maximum Gasteiger partial charge on any atom is 0.160 e. The van der Waals surface area contributed by atoms with Crippen LogP contribution in [0.25, 0.3) is 11.4 Å². The summed E-state index contributed by atoms with van der Waals surface area (Å²) >= 11 is 11.0. The van der Waals surface area contributed by atoms with Crippen LogP contribution in [0.3, 0.4) is 0 Å². The molecule has 0 unspecified atom stereocenters.